The third-order valence-corrected chi connectivity index (χ3v) is 5.51. The van der Waals surface area contributed by atoms with E-state index in [2.05, 4.69) is 0 Å². The Balaban J connectivity index is 0.00000900. The van der Waals surface area contributed by atoms with Gasteiger partial charge in [-0.05, 0) is 71.6 Å². The van der Waals surface area contributed by atoms with Gasteiger partial charge in [0.25, 0.3) is 10.1 Å². The first-order valence-corrected chi connectivity index (χ1v) is 11.7. The van der Waals surface area contributed by atoms with Crippen LogP contribution in [0.4, 0.5) is 0 Å². The van der Waals surface area contributed by atoms with Crippen LogP contribution in [0.1, 0.15) is 101 Å². The van der Waals surface area contributed by atoms with Crippen molar-refractivity contribution in [3.05, 3.63) is 29.3 Å². The predicted molar refractivity (Wildman–Crippen MR) is 123 cm³/mol. The van der Waals surface area contributed by atoms with E-state index in [1.54, 1.807) is 27.7 Å². The maximum atomic E-state index is 12.7. The Morgan fingerprint density at radius 2 is 1.19 bits per heavy atom. The first-order valence-electron chi connectivity index (χ1n) is 10.3. The van der Waals surface area contributed by atoms with Gasteiger partial charge in [-0.25, -0.2) is 9.59 Å². The number of rotatable bonds is 11. The van der Waals surface area contributed by atoms with Crippen LogP contribution in [0.3, 0.4) is 0 Å². The Morgan fingerprint density at radius 1 is 0.839 bits per heavy atom. The van der Waals surface area contributed by atoms with E-state index in [1.165, 1.54) is 6.07 Å². The molecule has 9 heteroatoms. The van der Waals surface area contributed by atoms with Crippen molar-refractivity contribution < 1.29 is 32.0 Å². The maximum absolute atomic E-state index is 12.7. The average molecular weight is 485 g/mol. The number of carbonyl (C=O) groups is 2. The number of hydrogen-bond donors (Lipinski definition) is 1. The topological polar surface area (TPSA) is 107 Å². The number of benzene rings is 1. The summed E-state index contributed by atoms with van der Waals surface area (Å²) >= 11 is 0. The Morgan fingerprint density at radius 3 is 1.48 bits per heavy atom. The van der Waals surface area contributed by atoms with Crippen molar-refractivity contribution in [2.24, 2.45) is 0 Å². The summed E-state index contributed by atoms with van der Waals surface area (Å²) in [6.45, 7) is 11.1. The van der Waals surface area contributed by atoms with Crippen LogP contribution in [-0.2, 0) is 19.6 Å². The summed E-state index contributed by atoms with van der Waals surface area (Å²) in [5.74, 6) is -1.55. The van der Waals surface area contributed by atoms with Crippen LogP contribution in [0.15, 0.2) is 23.1 Å². The predicted octanol–water partition coefficient (Wildman–Crippen LogP) is 4.27. The fourth-order valence-corrected chi connectivity index (χ4v) is 3.46. The molecule has 0 bridgehead atoms. The third-order valence-electron chi connectivity index (χ3n) is 4.68. The van der Waals surface area contributed by atoms with Crippen molar-refractivity contribution in [3.63, 3.8) is 0 Å². The quantitative estimate of drug-likeness (QED) is 0.284. The summed E-state index contributed by atoms with van der Waals surface area (Å²) in [5.41, 5.74) is -1.81. The second-order valence-corrected chi connectivity index (χ2v) is 10.1. The summed E-state index contributed by atoms with van der Waals surface area (Å²) < 4.78 is 43.9. The van der Waals surface area contributed by atoms with Crippen molar-refractivity contribution >= 4 is 59.8 Å². The second kappa shape index (κ2) is 12.5. The van der Waals surface area contributed by atoms with Gasteiger partial charge >= 0.3 is 49.7 Å². The number of hydrogen-bond acceptors (Lipinski definition) is 6. The van der Waals surface area contributed by atoms with Crippen molar-refractivity contribution in [2.45, 2.75) is 96.2 Å². The van der Waals surface area contributed by atoms with Gasteiger partial charge in [-0.2, -0.15) is 8.42 Å². The molecule has 1 rings (SSSR count). The molecular weight excluding hydrogens is 448 g/mol. The molecule has 0 aromatic heterocycles. The summed E-state index contributed by atoms with van der Waals surface area (Å²) in [7, 11) is -4.65. The van der Waals surface area contributed by atoms with Gasteiger partial charge in [-0.15, -0.1) is 0 Å². The summed E-state index contributed by atoms with van der Waals surface area (Å²) in [6.07, 6.45) is 4.85. The molecule has 31 heavy (non-hydrogen) atoms. The van der Waals surface area contributed by atoms with Crippen LogP contribution in [0.2, 0.25) is 0 Å². The molecule has 174 valence electrons. The van der Waals surface area contributed by atoms with Crippen molar-refractivity contribution in [2.75, 3.05) is 0 Å². The van der Waals surface area contributed by atoms with E-state index in [0.717, 1.165) is 37.8 Å². The van der Waals surface area contributed by atoms with Crippen molar-refractivity contribution in [1.29, 1.82) is 0 Å². The average Bonchev–Trinajstić information content (AvgIpc) is 2.63. The van der Waals surface area contributed by atoms with Crippen molar-refractivity contribution in [3.8, 4) is 0 Å². The molecule has 0 fully saturated rings. The number of carbonyl (C=O) groups excluding carboxylic acids is 2. The Hall–Kier alpha value is -0.670. The molecular formula is C22H36CaO7S. The zero-order valence-corrected chi connectivity index (χ0v) is 19.6. The molecule has 0 aliphatic heterocycles. The standard InChI is InChI=1S/C22H34O7S.Ca.2H/c1-7-9-11-21(3,4)28-19(23)16-13-17(15-18(14-16)30(25,26)27)20(24)29-22(5,6)12-10-8-2;;;/h13-15H,7-12H2,1-6H3,(H,25,26,27);;;. The van der Waals surface area contributed by atoms with Gasteiger partial charge in [-0.1, -0.05) is 26.7 Å². The molecule has 0 radical (unpaired) electrons. The molecule has 0 spiro atoms. The molecule has 0 aliphatic carbocycles. The molecule has 0 unspecified atom stereocenters. The van der Waals surface area contributed by atoms with Crippen LogP contribution in [0.25, 0.3) is 0 Å². The summed E-state index contributed by atoms with van der Waals surface area (Å²) in [5, 5.41) is 0. The van der Waals surface area contributed by atoms with Gasteiger partial charge in [0.1, 0.15) is 11.2 Å². The molecule has 0 saturated heterocycles. The second-order valence-electron chi connectivity index (χ2n) is 8.73. The molecule has 0 aliphatic rings. The van der Waals surface area contributed by atoms with E-state index < -0.39 is 38.2 Å². The Bertz CT molecular complexity index is 808. The first-order chi connectivity index (χ1) is 13.7. The van der Waals surface area contributed by atoms with Gasteiger partial charge in [0.05, 0.1) is 16.0 Å². The van der Waals surface area contributed by atoms with E-state index in [4.69, 9.17) is 9.47 Å². The molecule has 1 aromatic carbocycles. The van der Waals surface area contributed by atoms with Gasteiger partial charge in [0.2, 0.25) is 0 Å². The molecule has 1 aromatic rings. The van der Waals surface area contributed by atoms with Crippen LogP contribution in [-0.4, -0.2) is 73.8 Å². The Kier molecular flexibility index (Phi) is 12.3. The van der Waals surface area contributed by atoms with E-state index in [1.807, 2.05) is 13.8 Å². The van der Waals surface area contributed by atoms with Crippen LogP contribution < -0.4 is 0 Å². The Labute approximate surface area is 216 Å². The third kappa shape index (κ3) is 10.7. The van der Waals surface area contributed by atoms with E-state index in [-0.39, 0.29) is 48.9 Å². The zero-order valence-electron chi connectivity index (χ0n) is 18.8. The SMILES string of the molecule is CCCCC(C)(C)OC(=O)c1cc(C(=O)OC(C)(C)CCCC)cc(S(=O)(=O)O)c1.[CaH2]. The van der Waals surface area contributed by atoms with E-state index in [0.29, 0.717) is 12.8 Å². The summed E-state index contributed by atoms with van der Waals surface area (Å²) in [4.78, 5) is 24.7. The molecule has 1 N–H and O–H groups in total. The molecule has 0 heterocycles. The number of esters is 2. The van der Waals surface area contributed by atoms with Crippen LogP contribution >= 0.6 is 0 Å². The fourth-order valence-electron chi connectivity index (χ4n) is 2.91. The van der Waals surface area contributed by atoms with Crippen LogP contribution in [0.5, 0.6) is 0 Å². The van der Waals surface area contributed by atoms with E-state index in [9.17, 15) is 22.6 Å². The monoisotopic (exact) mass is 484 g/mol. The number of ether oxygens (including phenoxy) is 2. The fraction of sp³-hybridized carbons (Fsp3) is 0.636. The van der Waals surface area contributed by atoms with Gasteiger partial charge in [-0.3, -0.25) is 4.55 Å². The normalized spacial score (nSPS) is 12.1. The molecule has 0 amide bonds. The van der Waals surface area contributed by atoms with Gasteiger partial charge in [0, 0.05) is 0 Å². The van der Waals surface area contributed by atoms with Crippen molar-refractivity contribution in [1.82, 2.24) is 0 Å². The minimum absolute atomic E-state index is 0. The molecule has 0 saturated carbocycles. The van der Waals surface area contributed by atoms with Crippen LogP contribution in [0, 0.1) is 0 Å². The molecule has 7 nitrogen and oxygen atoms in total. The van der Waals surface area contributed by atoms with Gasteiger partial charge < -0.3 is 9.47 Å². The van der Waals surface area contributed by atoms with E-state index >= 15 is 0 Å². The molecule has 0 atom stereocenters. The first kappa shape index (κ1) is 30.3. The zero-order chi connectivity index (χ0) is 23.2. The number of unbranched alkanes of at least 4 members (excludes halogenated alkanes) is 2. The summed E-state index contributed by atoms with van der Waals surface area (Å²) in [6, 6.07) is 3.21. The minimum atomic E-state index is -4.65. The van der Waals surface area contributed by atoms with Gasteiger partial charge in [0.15, 0.2) is 0 Å².